The number of anilines is 2. The topological polar surface area (TPSA) is 93.6 Å². The van der Waals surface area contributed by atoms with E-state index in [0.29, 0.717) is 37.4 Å². The largest absolute Gasteiger partial charge is 0.492 e. The Labute approximate surface area is 156 Å². The summed E-state index contributed by atoms with van der Waals surface area (Å²) in [7, 11) is 0. The molecule has 2 rings (SSSR count). The molecule has 0 amide bonds. The third kappa shape index (κ3) is 5.40. The number of hydrogen-bond donors (Lipinski definition) is 2. The van der Waals surface area contributed by atoms with Crippen LogP contribution in [-0.2, 0) is 0 Å². The fraction of sp³-hybridized carbons (Fsp3) is 0.400. The van der Waals surface area contributed by atoms with Gasteiger partial charge in [0.25, 0.3) is 5.95 Å². The molecule has 0 unspecified atom stereocenters. The second-order valence-corrected chi connectivity index (χ2v) is 5.71. The summed E-state index contributed by atoms with van der Waals surface area (Å²) in [5.41, 5.74) is 4.53. The third-order valence-electron chi connectivity index (χ3n) is 3.28. The van der Waals surface area contributed by atoms with Gasteiger partial charge in [-0.15, -0.1) is 33.4 Å². The molecule has 0 bridgehead atoms. The molecule has 0 atom stereocenters. The average Bonchev–Trinajstić information content (AvgIpc) is 3.01. The lowest BCUT2D eigenvalue weighted by molar-refractivity contribution is 0.340. The Morgan fingerprint density at radius 1 is 1.36 bits per heavy atom. The van der Waals surface area contributed by atoms with Gasteiger partial charge in [0.1, 0.15) is 12.1 Å². The third-order valence-corrected chi connectivity index (χ3v) is 3.62. The molecule has 8 nitrogen and oxygen atoms in total. The number of nitrogens with two attached hydrogens (primary N) is 1. The first-order valence-electron chi connectivity index (χ1n) is 7.77. The Kier molecular flexibility index (Phi) is 7.62. The number of aromatic nitrogens is 3. The Hall–Kier alpha value is -2.19. The van der Waals surface area contributed by atoms with Crippen molar-refractivity contribution < 1.29 is 4.74 Å². The molecule has 136 valence electrons. The molecular weight excluding hydrogens is 365 g/mol. The van der Waals surface area contributed by atoms with Crippen LogP contribution in [0.5, 0.6) is 5.75 Å². The lowest BCUT2D eigenvalue weighted by atomic mass is 10.2. The number of benzene rings is 1. The molecule has 25 heavy (non-hydrogen) atoms. The number of rotatable bonds is 10. The molecule has 2 aromatic rings. The van der Waals surface area contributed by atoms with Crippen LogP contribution in [0.15, 0.2) is 29.6 Å². The lowest BCUT2D eigenvalue weighted by Gasteiger charge is -2.25. The van der Waals surface area contributed by atoms with Gasteiger partial charge in [-0.1, -0.05) is 6.07 Å². The van der Waals surface area contributed by atoms with E-state index in [4.69, 9.17) is 33.8 Å². The van der Waals surface area contributed by atoms with Crippen LogP contribution in [0.3, 0.4) is 0 Å². The first kappa shape index (κ1) is 19.1. The van der Waals surface area contributed by atoms with Crippen molar-refractivity contribution in [2.45, 2.75) is 6.92 Å². The highest BCUT2D eigenvalue weighted by Gasteiger charge is 2.12. The minimum atomic E-state index is 0.341. The summed E-state index contributed by atoms with van der Waals surface area (Å²) in [5, 5.41) is 11.5. The zero-order valence-electron chi connectivity index (χ0n) is 13.9. The van der Waals surface area contributed by atoms with Gasteiger partial charge in [0.2, 0.25) is 0 Å². The normalized spacial score (nSPS) is 11.0. The number of hydrazone groups is 1. The van der Waals surface area contributed by atoms with Crippen LogP contribution in [0.1, 0.15) is 12.5 Å². The van der Waals surface area contributed by atoms with E-state index in [2.05, 4.69) is 25.6 Å². The van der Waals surface area contributed by atoms with Crippen LogP contribution in [0, 0.1) is 0 Å². The number of halogens is 2. The number of nitrogens with zero attached hydrogens (tertiary/aromatic N) is 5. The van der Waals surface area contributed by atoms with Crippen molar-refractivity contribution in [3.63, 3.8) is 0 Å². The number of nitrogens with one attached hydrogen (secondary N) is 1. The number of hydrogen-bond acceptors (Lipinski definition) is 7. The summed E-state index contributed by atoms with van der Waals surface area (Å²) in [5.74, 6) is 7.71. The Balaban J connectivity index is 2.17. The summed E-state index contributed by atoms with van der Waals surface area (Å²) in [6, 6.07) is 5.81. The molecule has 0 spiro atoms. The van der Waals surface area contributed by atoms with Crippen LogP contribution in [-0.4, -0.2) is 52.5 Å². The van der Waals surface area contributed by atoms with E-state index in [1.54, 1.807) is 6.21 Å². The van der Waals surface area contributed by atoms with E-state index in [0.717, 1.165) is 17.0 Å². The summed E-state index contributed by atoms with van der Waals surface area (Å²) in [6.45, 7) is 3.87. The predicted molar refractivity (Wildman–Crippen MR) is 103 cm³/mol. The second kappa shape index (κ2) is 9.95. The standard InChI is InChI=1S/C15H21Cl2N7O/c1-2-25-14-9-12(10-19-21-15-22-20-11-24(15)18)3-4-13(14)23(7-5-16)8-6-17/h3-4,9-11H,2,5-8,18H2,1H3,(H,21,22). The molecule has 0 fully saturated rings. The van der Waals surface area contributed by atoms with Crippen molar-refractivity contribution in [2.24, 2.45) is 5.10 Å². The van der Waals surface area contributed by atoms with Crippen LogP contribution < -0.4 is 20.9 Å². The molecule has 0 radical (unpaired) electrons. The van der Waals surface area contributed by atoms with Crippen molar-refractivity contribution in [2.75, 3.05) is 47.6 Å². The van der Waals surface area contributed by atoms with Crippen molar-refractivity contribution in [3.8, 4) is 5.75 Å². The van der Waals surface area contributed by atoms with E-state index in [1.807, 2.05) is 25.1 Å². The highest BCUT2D eigenvalue weighted by atomic mass is 35.5. The second-order valence-electron chi connectivity index (χ2n) is 4.96. The molecule has 0 aliphatic rings. The molecule has 0 aliphatic carbocycles. The van der Waals surface area contributed by atoms with Crippen LogP contribution in [0.4, 0.5) is 11.6 Å². The fourth-order valence-electron chi connectivity index (χ4n) is 2.19. The zero-order chi connectivity index (χ0) is 18.1. The van der Waals surface area contributed by atoms with Gasteiger partial charge in [-0.05, 0) is 24.6 Å². The highest BCUT2D eigenvalue weighted by molar-refractivity contribution is 6.18. The number of alkyl halides is 2. The van der Waals surface area contributed by atoms with Gasteiger partial charge in [-0.25, -0.2) is 10.1 Å². The first-order valence-corrected chi connectivity index (χ1v) is 8.84. The lowest BCUT2D eigenvalue weighted by Crippen LogP contribution is -2.28. The molecule has 3 N–H and O–H groups in total. The summed E-state index contributed by atoms with van der Waals surface area (Å²) < 4.78 is 7.00. The van der Waals surface area contributed by atoms with Crippen molar-refractivity contribution >= 4 is 41.1 Å². The molecule has 0 saturated carbocycles. The predicted octanol–water partition coefficient (Wildman–Crippen LogP) is 2.12. The number of nitrogen functional groups attached to an aromatic ring is 1. The zero-order valence-corrected chi connectivity index (χ0v) is 15.4. The van der Waals surface area contributed by atoms with E-state index < -0.39 is 0 Å². The quantitative estimate of drug-likeness (QED) is 0.281. The highest BCUT2D eigenvalue weighted by Crippen LogP contribution is 2.29. The first-order chi connectivity index (χ1) is 12.2. The maximum absolute atomic E-state index is 5.89. The van der Waals surface area contributed by atoms with Gasteiger partial charge in [-0.2, -0.15) is 5.10 Å². The summed E-state index contributed by atoms with van der Waals surface area (Å²) in [4.78, 5) is 2.10. The van der Waals surface area contributed by atoms with E-state index in [9.17, 15) is 0 Å². The van der Waals surface area contributed by atoms with Gasteiger partial charge in [-0.3, -0.25) is 0 Å². The average molecular weight is 386 g/mol. The van der Waals surface area contributed by atoms with E-state index in [1.165, 1.54) is 11.0 Å². The molecule has 1 aromatic carbocycles. The molecule has 1 aromatic heterocycles. The molecule has 10 heteroatoms. The van der Waals surface area contributed by atoms with E-state index >= 15 is 0 Å². The van der Waals surface area contributed by atoms with Gasteiger partial charge in [0.05, 0.1) is 18.5 Å². The summed E-state index contributed by atoms with van der Waals surface area (Å²) in [6.07, 6.45) is 3.02. The molecule has 0 saturated heterocycles. The fourth-order valence-corrected chi connectivity index (χ4v) is 2.60. The maximum atomic E-state index is 5.89. The molecule has 0 aliphatic heterocycles. The Morgan fingerprint density at radius 3 is 2.72 bits per heavy atom. The molecular formula is C15H21Cl2N7O. The SMILES string of the molecule is CCOc1cc(C=NNc2nncn2N)ccc1N(CCCl)CCCl. The van der Waals surface area contributed by atoms with Gasteiger partial charge in [0.15, 0.2) is 0 Å². The number of ether oxygens (including phenoxy) is 1. The van der Waals surface area contributed by atoms with E-state index in [-0.39, 0.29) is 0 Å². The monoisotopic (exact) mass is 385 g/mol. The minimum absolute atomic E-state index is 0.341. The Morgan fingerprint density at radius 2 is 2.12 bits per heavy atom. The Bertz CT molecular complexity index is 686. The van der Waals surface area contributed by atoms with Crippen LogP contribution in [0.2, 0.25) is 0 Å². The van der Waals surface area contributed by atoms with Gasteiger partial charge >= 0.3 is 0 Å². The van der Waals surface area contributed by atoms with Gasteiger partial charge < -0.3 is 15.5 Å². The smallest absolute Gasteiger partial charge is 0.263 e. The van der Waals surface area contributed by atoms with Crippen molar-refractivity contribution in [3.05, 3.63) is 30.1 Å². The molecule has 1 heterocycles. The summed E-state index contributed by atoms with van der Waals surface area (Å²) >= 11 is 11.8. The maximum Gasteiger partial charge on any atom is 0.263 e. The van der Waals surface area contributed by atoms with Crippen LogP contribution in [0.25, 0.3) is 0 Å². The van der Waals surface area contributed by atoms with Crippen molar-refractivity contribution in [1.29, 1.82) is 0 Å². The van der Waals surface area contributed by atoms with Crippen LogP contribution >= 0.6 is 23.2 Å². The minimum Gasteiger partial charge on any atom is -0.492 e. The van der Waals surface area contributed by atoms with Crippen molar-refractivity contribution in [1.82, 2.24) is 14.9 Å². The van der Waals surface area contributed by atoms with Gasteiger partial charge in [0, 0.05) is 24.8 Å².